The number of aliphatic hydroxyl groups is 3. The minimum Gasteiger partial charge on any atom is -0.395 e. The van der Waals surface area contributed by atoms with E-state index in [-0.39, 0.29) is 31.0 Å². The highest BCUT2D eigenvalue weighted by Crippen LogP contribution is 2.51. The second-order valence-electron chi connectivity index (χ2n) is 29.5. The number of aryl methyl sites for hydroxylation is 3. The lowest BCUT2D eigenvalue weighted by atomic mass is 9.81. The molecule has 0 radical (unpaired) electrons. The fourth-order valence-electron chi connectivity index (χ4n) is 15.9. The summed E-state index contributed by atoms with van der Waals surface area (Å²) < 4.78 is 45.9. The Morgan fingerprint density at radius 2 is 0.832 bits per heavy atom. The van der Waals surface area contributed by atoms with Crippen LogP contribution < -0.4 is 29.4 Å². The van der Waals surface area contributed by atoms with Crippen molar-refractivity contribution in [1.82, 2.24) is 34.9 Å². The number of nitrogens with zero attached hydrogens (tertiary/aromatic N) is 13. The maximum atomic E-state index is 15.5. The highest BCUT2D eigenvalue weighted by molar-refractivity contribution is 6.36. The summed E-state index contributed by atoms with van der Waals surface area (Å²) in [4.78, 5) is 45.8. The van der Waals surface area contributed by atoms with Crippen LogP contribution in [0.1, 0.15) is 165 Å². The minimum absolute atomic E-state index is 0.0469. The molecule has 8 heterocycles. The number of likely N-dealkylation sites (N-methyl/N-ethyl adjacent to an activating group) is 2. The van der Waals surface area contributed by atoms with Gasteiger partial charge in [-0.05, 0) is 199 Å². The Labute approximate surface area is 601 Å². The number of halogens is 5. The lowest BCUT2D eigenvalue weighted by Crippen LogP contribution is -2.36. The van der Waals surface area contributed by atoms with E-state index >= 15 is 13.2 Å². The van der Waals surface area contributed by atoms with Crippen LogP contribution in [0.2, 0.25) is 10.0 Å². The van der Waals surface area contributed by atoms with Crippen molar-refractivity contribution in [1.29, 1.82) is 0 Å². The van der Waals surface area contributed by atoms with Crippen LogP contribution in [0.25, 0.3) is 32.7 Å². The molecular weight excluding hydrogens is 1320 g/mol. The second-order valence-corrected chi connectivity index (χ2v) is 30.3. The number of aliphatic hydroxyl groups excluding tert-OH is 3. The fraction of sp³-hybridized carbons (Fsp3) is 0.487. The Morgan fingerprint density at radius 1 is 0.465 bits per heavy atom. The zero-order valence-corrected chi connectivity index (χ0v) is 60.4. The maximum absolute atomic E-state index is 15.5. The van der Waals surface area contributed by atoms with Gasteiger partial charge in [0.2, 0.25) is 0 Å². The number of aromatic nitrogens is 7. The Hall–Kier alpha value is -7.68. The van der Waals surface area contributed by atoms with Crippen molar-refractivity contribution in [3.05, 3.63) is 170 Å². The van der Waals surface area contributed by atoms with E-state index in [1.54, 1.807) is 6.20 Å². The number of β-amino-alcohol motifs (C(OH)–C–C–N with tert-alkyl or cyclic N) is 1. The molecule has 7 fully saturated rings. The number of hydrogen-bond acceptors (Lipinski definition) is 16. The van der Waals surface area contributed by atoms with Gasteiger partial charge < -0.3 is 44.7 Å². The largest absolute Gasteiger partial charge is 0.395 e. The smallest absolute Gasteiger partial charge is 0.170 e. The predicted octanol–water partition coefficient (Wildman–Crippen LogP) is 15.8. The summed E-state index contributed by atoms with van der Waals surface area (Å²) in [5, 5.41) is 32.3. The van der Waals surface area contributed by atoms with Crippen LogP contribution in [0, 0.1) is 20.8 Å². The average molecular weight is 1410 g/mol. The quantitative estimate of drug-likeness (QED) is 0.0834. The van der Waals surface area contributed by atoms with Gasteiger partial charge in [0, 0.05) is 107 Å². The summed E-state index contributed by atoms with van der Waals surface area (Å²) in [6.45, 7) is 14.1. The molecule has 101 heavy (non-hydrogen) atoms. The number of pyridine rings is 1. The highest BCUT2D eigenvalue weighted by Gasteiger charge is 2.49. The molecule has 21 heteroatoms. The molecule has 16 nitrogen and oxygen atoms in total. The van der Waals surface area contributed by atoms with Gasteiger partial charge in [0.05, 0.1) is 52.1 Å². The second kappa shape index (κ2) is 29.6. The molecule has 0 amide bonds. The van der Waals surface area contributed by atoms with Gasteiger partial charge in [-0.1, -0.05) is 96.0 Å². The molecule has 0 bridgehead atoms. The molecule has 4 aliphatic heterocycles. The normalized spacial score (nSPS) is 19.7. The van der Waals surface area contributed by atoms with Crippen LogP contribution in [-0.4, -0.2) is 149 Å². The van der Waals surface area contributed by atoms with E-state index < -0.39 is 17.0 Å². The van der Waals surface area contributed by atoms with Crippen molar-refractivity contribution in [3.8, 4) is 0 Å². The fourth-order valence-corrected chi connectivity index (χ4v) is 16.4. The van der Waals surface area contributed by atoms with E-state index in [0.29, 0.717) is 108 Å². The van der Waals surface area contributed by atoms with Crippen LogP contribution in [-0.2, 0) is 17.0 Å². The third-order valence-electron chi connectivity index (χ3n) is 22.7. The SMILES string of the molecule is Cc1ccccc1C1CCN(c2nc(C3(F)CC3)nc3c(Cl)cc(N(C)CCO)cc23)CC1.Cc1ccccc1C1CCN(c2nc(C3(F)CCC3)nc3c(Cl)cc(N(C)CCO)cc23)CC1.Cc1ccccc1C1CCN(c2nc(C3(F)CCC3)nc3cnc(N4CC[C@H](O)C4)cc23)CC1. The zero-order valence-electron chi connectivity index (χ0n) is 58.8. The van der Waals surface area contributed by atoms with E-state index in [2.05, 4.69) is 133 Å². The summed E-state index contributed by atoms with van der Waals surface area (Å²) in [6, 6.07) is 35.6. The zero-order chi connectivity index (χ0) is 70.3. The average Bonchev–Trinajstić information content (AvgIpc) is 1.67. The van der Waals surface area contributed by atoms with Gasteiger partial charge in [0.1, 0.15) is 23.3 Å². The van der Waals surface area contributed by atoms with E-state index in [4.69, 9.17) is 38.2 Å². The third kappa shape index (κ3) is 14.7. The number of hydrogen-bond donors (Lipinski definition) is 3. The number of piperidine rings is 3. The van der Waals surface area contributed by atoms with Crippen LogP contribution in [0.3, 0.4) is 0 Å². The molecule has 4 aromatic heterocycles. The topological polar surface area (TPSA) is 170 Å². The molecule has 7 aliphatic rings. The van der Waals surface area contributed by atoms with Crippen molar-refractivity contribution < 1.29 is 28.5 Å². The van der Waals surface area contributed by atoms with Crippen LogP contribution >= 0.6 is 23.2 Å². The Balaban J connectivity index is 0.000000129. The van der Waals surface area contributed by atoms with Gasteiger partial charge in [-0.2, -0.15) is 0 Å². The van der Waals surface area contributed by atoms with Crippen molar-refractivity contribution in [2.24, 2.45) is 0 Å². The Kier molecular flexibility index (Phi) is 20.6. The third-order valence-corrected chi connectivity index (χ3v) is 23.3. The molecular formula is C80H94Cl2F3N13O3. The van der Waals surface area contributed by atoms with Crippen molar-refractivity contribution >= 4 is 90.6 Å². The first-order valence-corrected chi connectivity index (χ1v) is 37.3. The van der Waals surface area contributed by atoms with Gasteiger partial charge >= 0.3 is 0 Å². The lowest BCUT2D eigenvalue weighted by Gasteiger charge is -2.36. The van der Waals surface area contributed by atoms with Gasteiger partial charge in [-0.3, -0.25) is 0 Å². The molecule has 5 aromatic carbocycles. The lowest BCUT2D eigenvalue weighted by molar-refractivity contribution is 0.0510. The molecule has 4 saturated heterocycles. The summed E-state index contributed by atoms with van der Waals surface area (Å²) in [6.07, 6.45) is 12.9. The number of anilines is 6. The van der Waals surface area contributed by atoms with Crippen molar-refractivity contribution in [3.63, 3.8) is 0 Å². The van der Waals surface area contributed by atoms with E-state index in [0.717, 1.165) is 154 Å². The molecule has 16 rings (SSSR count). The molecule has 532 valence electrons. The first-order valence-electron chi connectivity index (χ1n) is 36.6. The molecule has 3 aliphatic carbocycles. The number of rotatable bonds is 16. The van der Waals surface area contributed by atoms with Gasteiger partial charge in [0.25, 0.3) is 0 Å². The summed E-state index contributed by atoms with van der Waals surface area (Å²) in [5.74, 6) is 5.59. The standard InChI is InChI=1S/C27H32ClFN4O.C27H32FN5O.C26H30ClFN4O/c1-18-6-3-4-7-21(18)19-8-12-33(13-9-19)25-22-16-20(32(2)14-15-34)17-23(28)24(22)30-26(31-25)27(29)10-5-11-27;1-18-5-2-3-6-21(18)19-7-12-32(13-8-19)25-22-15-24(33-14-9-20(34)17-33)29-16-23(22)30-26(31-25)27(28)10-4-11-27;1-17-5-3-4-6-20(17)18-7-11-32(12-8-18)24-21-15-19(31(2)13-14-33)16-22(27)23(21)29-25(30-24)26(28)9-10-26/h3-4,6-7,16-17,19,34H,5,8-15H2,1-2H3;2-3,5-6,15-16,19-20,34H,4,7-14,17H2,1H3;3-6,15-16,18,33H,7-14H2,1-2H3/t;20-;/m.0./s1. The maximum Gasteiger partial charge on any atom is 0.170 e. The first-order chi connectivity index (χ1) is 48.8. The van der Waals surface area contributed by atoms with E-state index in [1.165, 1.54) is 33.4 Å². The van der Waals surface area contributed by atoms with Crippen LogP contribution in [0.15, 0.2) is 109 Å². The minimum atomic E-state index is -1.46. The Bertz CT molecular complexity index is 4460. The summed E-state index contributed by atoms with van der Waals surface area (Å²) >= 11 is 13.4. The molecule has 9 aromatic rings. The first kappa shape index (κ1) is 70.4. The van der Waals surface area contributed by atoms with E-state index in [9.17, 15) is 15.3 Å². The Morgan fingerprint density at radius 3 is 1.18 bits per heavy atom. The molecule has 1 atom stereocenters. The predicted molar refractivity (Wildman–Crippen MR) is 401 cm³/mol. The van der Waals surface area contributed by atoms with Gasteiger partial charge in [-0.15, -0.1) is 0 Å². The summed E-state index contributed by atoms with van der Waals surface area (Å²) in [5.41, 5.74) is 7.67. The number of benzene rings is 5. The number of fused-ring (bicyclic) bond motifs is 3. The van der Waals surface area contributed by atoms with Gasteiger partial charge in [0.15, 0.2) is 34.5 Å². The van der Waals surface area contributed by atoms with Gasteiger partial charge in [-0.25, -0.2) is 48.1 Å². The van der Waals surface area contributed by atoms with Crippen molar-refractivity contribution in [2.45, 2.75) is 158 Å². The number of alkyl halides is 3. The monoisotopic (exact) mass is 1410 g/mol. The molecule has 3 N–H and O–H groups in total. The van der Waals surface area contributed by atoms with Crippen LogP contribution in [0.5, 0.6) is 0 Å². The van der Waals surface area contributed by atoms with E-state index in [1.807, 2.05) is 54.2 Å². The molecule has 0 unspecified atom stereocenters. The van der Waals surface area contributed by atoms with Crippen molar-refractivity contribution in [2.75, 3.05) is 122 Å². The molecule has 3 saturated carbocycles. The summed E-state index contributed by atoms with van der Waals surface area (Å²) in [7, 11) is 3.83. The highest BCUT2D eigenvalue weighted by atomic mass is 35.5. The molecule has 0 spiro atoms. The van der Waals surface area contributed by atoms with Crippen LogP contribution in [0.4, 0.5) is 47.8 Å².